The third kappa shape index (κ3) is 5.51. The lowest BCUT2D eigenvalue weighted by molar-refractivity contribution is -0.116. The molecule has 2 aromatic heterocycles. The number of carbonyl (C=O) groups excluding carboxylic acids is 1. The number of carbonyl (C=O) groups is 1. The van der Waals surface area contributed by atoms with Gasteiger partial charge in [0.25, 0.3) is 0 Å². The first-order valence-corrected chi connectivity index (χ1v) is 12.5. The number of benzene rings is 2. The third-order valence-electron chi connectivity index (χ3n) is 5.49. The molecule has 3 heterocycles. The predicted molar refractivity (Wildman–Crippen MR) is 142 cm³/mol. The van der Waals surface area contributed by atoms with Crippen molar-refractivity contribution < 1.29 is 9.21 Å². The van der Waals surface area contributed by atoms with E-state index in [1.807, 2.05) is 89.8 Å². The summed E-state index contributed by atoms with van der Waals surface area (Å²) in [7, 11) is 0. The Morgan fingerprint density at radius 2 is 1.83 bits per heavy atom. The molecule has 0 bridgehead atoms. The molecule has 1 amide bonds. The van der Waals surface area contributed by atoms with Crippen LogP contribution in [0, 0.1) is 0 Å². The Hall–Kier alpha value is -3.33. The van der Waals surface area contributed by atoms with Crippen LogP contribution in [-0.4, -0.2) is 27.4 Å². The van der Waals surface area contributed by atoms with Crippen LogP contribution >= 0.6 is 35.6 Å². The Bertz CT molecular complexity index is 1320. The van der Waals surface area contributed by atoms with Gasteiger partial charge in [-0.25, -0.2) is 0 Å². The molecule has 0 saturated carbocycles. The van der Waals surface area contributed by atoms with Crippen LogP contribution in [0.1, 0.15) is 23.5 Å². The van der Waals surface area contributed by atoms with Gasteiger partial charge in [-0.1, -0.05) is 47.6 Å². The minimum atomic E-state index is -0.349. The summed E-state index contributed by atoms with van der Waals surface area (Å²) in [6, 6.07) is 25.9. The molecule has 5 rings (SSSR count). The van der Waals surface area contributed by atoms with E-state index in [0.717, 1.165) is 21.4 Å². The second-order valence-electron chi connectivity index (χ2n) is 7.88. The summed E-state index contributed by atoms with van der Waals surface area (Å²) < 4.78 is 6.26. The van der Waals surface area contributed by atoms with Crippen LogP contribution in [-0.2, 0) is 4.79 Å². The van der Waals surface area contributed by atoms with E-state index < -0.39 is 0 Å². The smallest absolute Gasteiger partial charge is 0.244 e. The lowest BCUT2D eigenvalue weighted by Crippen LogP contribution is -2.36. The zero-order chi connectivity index (χ0) is 24.2. The number of furan rings is 1. The Morgan fingerprint density at radius 3 is 2.57 bits per heavy atom. The number of hydrogen-bond donors (Lipinski definition) is 2. The van der Waals surface area contributed by atoms with Gasteiger partial charge in [0.2, 0.25) is 5.91 Å². The fourth-order valence-corrected chi connectivity index (χ4v) is 5.14. The maximum Gasteiger partial charge on any atom is 0.244 e. The molecule has 176 valence electrons. The number of thiocarbonyl (C=S) groups is 1. The Morgan fingerprint density at radius 1 is 1.06 bits per heavy atom. The maximum absolute atomic E-state index is 12.9. The number of halogens is 1. The number of para-hydroxylation sites is 1. The SMILES string of the molecule is O=C(CN1C(=S)N[C@H](c2ccccn2)[C@H]1c1ccc(Sc2ccc(Cl)cc2)o1)Nc1ccccc1. The molecular weight excluding hydrogens is 500 g/mol. The number of aromatic nitrogens is 1. The molecular formula is C26H21ClN4O2S2. The first-order valence-electron chi connectivity index (χ1n) is 10.9. The fraction of sp³-hybridized carbons (Fsp3) is 0.115. The summed E-state index contributed by atoms with van der Waals surface area (Å²) in [4.78, 5) is 20.3. The summed E-state index contributed by atoms with van der Waals surface area (Å²) in [6.07, 6.45) is 1.74. The first-order chi connectivity index (χ1) is 17.1. The second-order valence-corrected chi connectivity index (χ2v) is 9.78. The number of rotatable bonds is 7. The zero-order valence-corrected chi connectivity index (χ0v) is 20.8. The summed E-state index contributed by atoms with van der Waals surface area (Å²) in [5, 5.41) is 8.15. The largest absolute Gasteiger partial charge is 0.452 e. The van der Waals surface area contributed by atoms with Crippen molar-refractivity contribution in [3.63, 3.8) is 0 Å². The predicted octanol–water partition coefficient (Wildman–Crippen LogP) is 6.09. The average molecular weight is 521 g/mol. The number of anilines is 1. The Labute approximate surface area is 217 Å². The van der Waals surface area contributed by atoms with Crippen molar-refractivity contribution in [2.24, 2.45) is 0 Å². The van der Waals surface area contributed by atoms with Crippen LogP contribution in [0.4, 0.5) is 5.69 Å². The van der Waals surface area contributed by atoms with E-state index in [0.29, 0.717) is 15.9 Å². The molecule has 6 nitrogen and oxygen atoms in total. The number of hydrogen-bond acceptors (Lipinski definition) is 5. The van der Waals surface area contributed by atoms with Crippen LogP contribution in [0.25, 0.3) is 0 Å². The fourth-order valence-electron chi connectivity index (χ4n) is 3.93. The van der Waals surface area contributed by atoms with Crippen molar-refractivity contribution in [3.8, 4) is 0 Å². The molecule has 1 fully saturated rings. The number of nitrogens with zero attached hydrogens (tertiary/aromatic N) is 2. The topological polar surface area (TPSA) is 70.4 Å². The molecule has 1 aliphatic heterocycles. The minimum absolute atomic E-state index is 0.0646. The molecule has 4 aromatic rings. The van der Waals surface area contributed by atoms with Crippen LogP contribution in [0.15, 0.2) is 106 Å². The molecule has 2 N–H and O–H groups in total. The highest BCUT2D eigenvalue weighted by Crippen LogP contribution is 2.41. The van der Waals surface area contributed by atoms with Crippen molar-refractivity contribution in [3.05, 3.63) is 108 Å². The summed E-state index contributed by atoms with van der Waals surface area (Å²) in [5.74, 6) is 0.520. The number of pyridine rings is 1. The summed E-state index contributed by atoms with van der Waals surface area (Å²) >= 11 is 13.2. The van der Waals surface area contributed by atoms with Gasteiger partial charge in [0, 0.05) is 21.8 Å². The van der Waals surface area contributed by atoms with Crippen molar-refractivity contribution >= 4 is 52.3 Å². The van der Waals surface area contributed by atoms with E-state index >= 15 is 0 Å². The van der Waals surface area contributed by atoms with E-state index in [4.69, 9.17) is 28.2 Å². The molecule has 0 aliphatic carbocycles. The molecule has 9 heteroatoms. The van der Waals surface area contributed by atoms with Gasteiger partial charge in [0.05, 0.1) is 11.7 Å². The molecule has 2 aromatic carbocycles. The van der Waals surface area contributed by atoms with Crippen LogP contribution in [0.3, 0.4) is 0 Å². The van der Waals surface area contributed by atoms with E-state index in [1.165, 1.54) is 11.8 Å². The number of amides is 1. The first kappa shape index (κ1) is 23.4. The van der Waals surface area contributed by atoms with E-state index in [2.05, 4.69) is 15.6 Å². The van der Waals surface area contributed by atoms with Crippen LogP contribution < -0.4 is 10.6 Å². The highest BCUT2D eigenvalue weighted by Gasteiger charge is 2.42. The second kappa shape index (κ2) is 10.5. The zero-order valence-electron chi connectivity index (χ0n) is 18.4. The van der Waals surface area contributed by atoms with Crippen LogP contribution in [0.2, 0.25) is 5.02 Å². The van der Waals surface area contributed by atoms with Gasteiger partial charge in [0.15, 0.2) is 10.2 Å². The highest BCUT2D eigenvalue weighted by atomic mass is 35.5. The molecule has 0 spiro atoms. The summed E-state index contributed by atoms with van der Waals surface area (Å²) in [5.41, 5.74) is 1.54. The highest BCUT2D eigenvalue weighted by molar-refractivity contribution is 7.99. The van der Waals surface area contributed by atoms with Gasteiger partial charge in [-0.2, -0.15) is 0 Å². The van der Waals surface area contributed by atoms with Crippen molar-refractivity contribution in [2.45, 2.75) is 22.1 Å². The normalized spacial score (nSPS) is 17.3. The van der Waals surface area contributed by atoms with E-state index in [-0.39, 0.29) is 24.5 Å². The van der Waals surface area contributed by atoms with Crippen molar-refractivity contribution in [2.75, 3.05) is 11.9 Å². The molecule has 0 radical (unpaired) electrons. The van der Waals surface area contributed by atoms with Crippen molar-refractivity contribution in [1.29, 1.82) is 0 Å². The van der Waals surface area contributed by atoms with Gasteiger partial charge >= 0.3 is 0 Å². The molecule has 0 unspecified atom stereocenters. The molecule has 1 aliphatic rings. The van der Waals surface area contributed by atoms with Gasteiger partial charge < -0.3 is 20.0 Å². The number of nitrogens with one attached hydrogen (secondary N) is 2. The third-order valence-corrected chi connectivity index (χ3v) is 7.03. The van der Waals surface area contributed by atoms with Gasteiger partial charge in [0.1, 0.15) is 18.3 Å². The standard InChI is InChI=1S/C26H21ClN4O2S2/c27-17-9-11-19(12-10-17)35-23-14-13-21(33-23)25-24(20-8-4-5-15-28-20)30-26(34)31(25)16-22(32)29-18-6-2-1-3-7-18/h1-15,24-25H,16H2,(H,29,32)(H,30,34)/t24-,25-/m1/s1. The lowest BCUT2D eigenvalue weighted by atomic mass is 10.0. The van der Waals surface area contributed by atoms with E-state index in [9.17, 15) is 4.79 Å². The Balaban J connectivity index is 1.41. The lowest BCUT2D eigenvalue weighted by Gasteiger charge is -2.25. The molecule has 35 heavy (non-hydrogen) atoms. The quantitative estimate of drug-likeness (QED) is 0.286. The van der Waals surface area contributed by atoms with Crippen LogP contribution in [0.5, 0.6) is 0 Å². The summed E-state index contributed by atoms with van der Waals surface area (Å²) in [6.45, 7) is 0.0646. The average Bonchev–Trinajstić information content (AvgIpc) is 3.46. The molecule has 2 atom stereocenters. The van der Waals surface area contributed by atoms with Gasteiger partial charge in [-0.15, -0.1) is 0 Å². The van der Waals surface area contributed by atoms with Gasteiger partial charge in [-0.3, -0.25) is 9.78 Å². The van der Waals surface area contributed by atoms with E-state index in [1.54, 1.807) is 6.20 Å². The molecule has 1 saturated heterocycles. The minimum Gasteiger partial charge on any atom is -0.452 e. The Kier molecular flexibility index (Phi) is 7.03. The maximum atomic E-state index is 12.9. The monoisotopic (exact) mass is 520 g/mol. The van der Waals surface area contributed by atoms with Crippen molar-refractivity contribution in [1.82, 2.24) is 15.2 Å². The van der Waals surface area contributed by atoms with Gasteiger partial charge in [-0.05, 0) is 72.9 Å².